The van der Waals surface area contributed by atoms with Gasteiger partial charge in [0.25, 0.3) is 0 Å². The van der Waals surface area contributed by atoms with Crippen LogP contribution in [0.4, 0.5) is 30.7 Å². The number of carbonyl (C=O) groups excluding carboxylic acids is 1. The number of alkyl halides is 6. The van der Waals surface area contributed by atoms with Crippen molar-refractivity contribution in [3.63, 3.8) is 0 Å². The molecule has 0 aliphatic heterocycles. The molecule has 0 bridgehead atoms. The van der Waals surface area contributed by atoms with Gasteiger partial charge in [-0.25, -0.2) is 4.39 Å². The molecule has 0 aliphatic carbocycles. The SMILES string of the molecule is CCOC(=O)C[C@@](NC[C@@H](O)C(F)(F)F)(c1cc(F)cc(C(F)(F)F)c1)c1ccc(Cl)cn1. The molecule has 2 atom stereocenters. The van der Waals surface area contributed by atoms with Crippen molar-refractivity contribution < 1.29 is 45.4 Å². The van der Waals surface area contributed by atoms with E-state index in [0.29, 0.717) is 12.1 Å². The summed E-state index contributed by atoms with van der Waals surface area (Å²) in [7, 11) is 0. The van der Waals surface area contributed by atoms with E-state index in [9.17, 15) is 40.6 Å². The van der Waals surface area contributed by atoms with Gasteiger partial charge >= 0.3 is 18.3 Å². The molecule has 1 aromatic heterocycles. The number of esters is 1. The van der Waals surface area contributed by atoms with Crippen LogP contribution in [-0.4, -0.2) is 41.5 Å². The Morgan fingerprint density at radius 2 is 1.79 bits per heavy atom. The number of aliphatic hydroxyl groups is 1. The highest BCUT2D eigenvalue weighted by atomic mass is 35.5. The molecular weight excluding hydrogens is 485 g/mol. The van der Waals surface area contributed by atoms with Crippen molar-refractivity contribution in [2.24, 2.45) is 0 Å². The van der Waals surface area contributed by atoms with E-state index in [-0.39, 0.29) is 23.4 Å². The first-order valence-electron chi connectivity index (χ1n) is 9.34. The first-order valence-corrected chi connectivity index (χ1v) is 9.72. The van der Waals surface area contributed by atoms with E-state index in [0.717, 1.165) is 12.3 Å². The molecule has 0 unspecified atom stereocenters. The number of aromatic nitrogens is 1. The fourth-order valence-electron chi connectivity index (χ4n) is 3.04. The normalized spacial score (nSPS) is 15.1. The first-order chi connectivity index (χ1) is 15.2. The number of rotatable bonds is 8. The second-order valence-corrected chi connectivity index (χ2v) is 7.35. The Morgan fingerprint density at radius 3 is 2.30 bits per heavy atom. The Balaban J connectivity index is 2.76. The zero-order valence-electron chi connectivity index (χ0n) is 16.9. The van der Waals surface area contributed by atoms with E-state index >= 15 is 0 Å². The van der Waals surface area contributed by atoms with Gasteiger partial charge in [-0.1, -0.05) is 11.6 Å². The Labute approximate surface area is 188 Å². The molecule has 33 heavy (non-hydrogen) atoms. The molecule has 13 heteroatoms. The summed E-state index contributed by atoms with van der Waals surface area (Å²) in [6, 6.07) is 3.67. The molecule has 0 spiro atoms. The van der Waals surface area contributed by atoms with Crippen LogP contribution in [0.15, 0.2) is 36.5 Å². The van der Waals surface area contributed by atoms with Crippen LogP contribution in [0.3, 0.4) is 0 Å². The van der Waals surface area contributed by atoms with Crippen LogP contribution in [0.25, 0.3) is 0 Å². The predicted octanol–water partition coefficient (Wildman–Crippen LogP) is 4.60. The largest absolute Gasteiger partial charge is 0.466 e. The Kier molecular flexibility index (Phi) is 8.31. The smallest absolute Gasteiger partial charge is 0.416 e. The zero-order chi connectivity index (χ0) is 25.0. The second-order valence-electron chi connectivity index (χ2n) is 6.91. The highest BCUT2D eigenvalue weighted by molar-refractivity contribution is 6.30. The lowest BCUT2D eigenvalue weighted by Gasteiger charge is -2.36. The van der Waals surface area contributed by atoms with Crippen molar-refractivity contribution in [2.75, 3.05) is 13.2 Å². The second kappa shape index (κ2) is 10.2. The van der Waals surface area contributed by atoms with Crippen LogP contribution >= 0.6 is 11.6 Å². The molecule has 2 N–H and O–H groups in total. The van der Waals surface area contributed by atoms with Gasteiger partial charge in [0.05, 0.1) is 34.8 Å². The minimum atomic E-state index is -5.09. The lowest BCUT2D eigenvalue weighted by atomic mass is 9.81. The van der Waals surface area contributed by atoms with E-state index in [2.05, 4.69) is 10.3 Å². The van der Waals surface area contributed by atoms with Gasteiger partial charge < -0.3 is 9.84 Å². The maximum absolute atomic E-state index is 14.2. The molecule has 5 nitrogen and oxygen atoms in total. The molecule has 2 aromatic rings. The molecule has 2 rings (SSSR count). The van der Waals surface area contributed by atoms with Crippen LogP contribution in [0.1, 0.15) is 30.2 Å². The van der Waals surface area contributed by atoms with Crippen molar-refractivity contribution in [1.29, 1.82) is 0 Å². The number of pyridine rings is 1. The van der Waals surface area contributed by atoms with E-state index in [1.165, 1.54) is 13.0 Å². The van der Waals surface area contributed by atoms with E-state index in [4.69, 9.17) is 16.3 Å². The van der Waals surface area contributed by atoms with E-state index in [1.807, 2.05) is 0 Å². The first kappa shape index (κ1) is 26.8. The quantitative estimate of drug-likeness (QED) is 0.408. The third-order valence-electron chi connectivity index (χ3n) is 4.57. The third kappa shape index (κ3) is 6.78. The lowest BCUT2D eigenvalue weighted by Crippen LogP contribution is -2.51. The van der Waals surface area contributed by atoms with Gasteiger partial charge in [0.15, 0.2) is 6.10 Å². The Hall–Kier alpha value is -2.44. The molecule has 0 aliphatic rings. The van der Waals surface area contributed by atoms with Crippen LogP contribution < -0.4 is 5.32 Å². The number of hydrogen-bond acceptors (Lipinski definition) is 5. The molecule has 0 fully saturated rings. The Morgan fingerprint density at radius 1 is 1.15 bits per heavy atom. The van der Waals surface area contributed by atoms with Crippen molar-refractivity contribution >= 4 is 17.6 Å². The summed E-state index contributed by atoms with van der Waals surface area (Å²) >= 11 is 5.79. The zero-order valence-corrected chi connectivity index (χ0v) is 17.7. The van der Waals surface area contributed by atoms with Crippen LogP contribution in [-0.2, 0) is 21.2 Å². The summed E-state index contributed by atoms with van der Waals surface area (Å²) in [6.45, 7) is 0.0288. The number of carbonyl (C=O) groups is 1. The van der Waals surface area contributed by atoms with Crippen molar-refractivity contribution in [2.45, 2.75) is 37.3 Å². The van der Waals surface area contributed by atoms with Crippen LogP contribution in [0, 0.1) is 5.82 Å². The van der Waals surface area contributed by atoms with Gasteiger partial charge in [0.1, 0.15) is 5.82 Å². The average Bonchev–Trinajstić information content (AvgIpc) is 2.70. The standard InChI is InChI=1S/C20H18ClF7N2O3/c1-2-33-17(32)8-18(15-4-3-13(21)9-29-15,30-10-16(31)20(26,27)28)11-5-12(19(23,24)25)7-14(22)6-11/h3-7,9,16,30-31H,2,8,10H2,1H3/t16-,18-/m1/s1. The molecule has 182 valence electrons. The average molecular weight is 503 g/mol. The monoisotopic (exact) mass is 502 g/mol. The van der Waals surface area contributed by atoms with Crippen LogP contribution in [0.5, 0.6) is 0 Å². The molecule has 0 saturated carbocycles. The number of aliphatic hydroxyl groups excluding tert-OH is 1. The van der Waals surface area contributed by atoms with Gasteiger partial charge in [-0.2, -0.15) is 26.3 Å². The summed E-state index contributed by atoms with van der Waals surface area (Å²) in [5, 5.41) is 11.8. The minimum absolute atomic E-state index is 0.0781. The minimum Gasteiger partial charge on any atom is -0.466 e. The topological polar surface area (TPSA) is 71.5 Å². The fraction of sp³-hybridized carbons (Fsp3) is 0.400. The van der Waals surface area contributed by atoms with Crippen LogP contribution in [0.2, 0.25) is 5.02 Å². The highest BCUT2D eigenvalue weighted by Gasteiger charge is 2.44. The molecule has 0 amide bonds. The Bertz CT molecular complexity index is 968. The van der Waals surface area contributed by atoms with Gasteiger partial charge in [0, 0.05) is 12.7 Å². The van der Waals surface area contributed by atoms with Crippen molar-refractivity contribution in [3.8, 4) is 0 Å². The molecule has 0 saturated heterocycles. The number of halogens is 8. The van der Waals surface area contributed by atoms with E-state index in [1.54, 1.807) is 0 Å². The fourth-order valence-corrected chi connectivity index (χ4v) is 3.15. The summed E-state index contributed by atoms with van der Waals surface area (Å²) < 4.78 is 97.9. The van der Waals surface area contributed by atoms with Gasteiger partial charge in [-0.3, -0.25) is 15.1 Å². The predicted molar refractivity (Wildman–Crippen MR) is 103 cm³/mol. The lowest BCUT2D eigenvalue weighted by molar-refractivity contribution is -0.202. The maximum atomic E-state index is 14.2. The molecule has 0 radical (unpaired) electrons. The number of nitrogens with one attached hydrogen (secondary N) is 1. The van der Waals surface area contributed by atoms with E-state index < -0.39 is 59.9 Å². The van der Waals surface area contributed by atoms with Gasteiger partial charge in [0.2, 0.25) is 0 Å². The number of benzene rings is 1. The van der Waals surface area contributed by atoms with Gasteiger partial charge in [-0.05, 0) is 42.8 Å². The molecule has 1 heterocycles. The number of ether oxygens (including phenoxy) is 1. The van der Waals surface area contributed by atoms with Gasteiger partial charge in [-0.15, -0.1) is 0 Å². The summed E-state index contributed by atoms with van der Waals surface area (Å²) in [5.41, 5.74) is -4.51. The van der Waals surface area contributed by atoms with Crippen molar-refractivity contribution in [1.82, 2.24) is 10.3 Å². The molecule has 1 aromatic carbocycles. The molecular formula is C20H18ClF7N2O3. The summed E-state index contributed by atoms with van der Waals surface area (Å²) in [6.07, 6.45) is -12.9. The van der Waals surface area contributed by atoms with Crippen molar-refractivity contribution in [3.05, 3.63) is 64.2 Å². The maximum Gasteiger partial charge on any atom is 0.416 e. The third-order valence-corrected chi connectivity index (χ3v) is 4.80. The highest BCUT2D eigenvalue weighted by Crippen LogP contribution is 2.38. The summed E-state index contributed by atoms with van der Waals surface area (Å²) in [4.78, 5) is 16.3. The summed E-state index contributed by atoms with van der Waals surface area (Å²) in [5.74, 6) is -2.39. The number of nitrogens with zero attached hydrogens (tertiary/aromatic N) is 1. The number of hydrogen-bond donors (Lipinski definition) is 2.